The van der Waals surface area contributed by atoms with Crippen LogP contribution in [0.5, 0.6) is 0 Å². The maximum absolute atomic E-state index is 12.6. The Labute approximate surface area is 139 Å². The number of aryl methyl sites for hydroxylation is 1. The molecule has 1 heterocycles. The molecule has 1 saturated carbocycles. The predicted octanol–water partition coefficient (Wildman–Crippen LogP) is 4.58. The average Bonchev–Trinajstić information content (AvgIpc) is 2.68. The molecule has 1 aliphatic heterocycles. The van der Waals surface area contributed by atoms with E-state index in [9.17, 15) is 4.79 Å². The molecule has 2 atom stereocenters. The van der Waals surface area contributed by atoms with E-state index in [2.05, 4.69) is 50.0 Å². The van der Waals surface area contributed by atoms with Gasteiger partial charge in [0.25, 0.3) is 0 Å². The number of nitrogens with zero attached hydrogens (tertiary/aromatic N) is 1. The summed E-state index contributed by atoms with van der Waals surface area (Å²) >= 11 is 0. The van der Waals surface area contributed by atoms with Crippen LogP contribution >= 0.6 is 0 Å². The number of carbonyl (C=O) groups excluding carboxylic acids is 1. The lowest BCUT2D eigenvalue weighted by atomic mass is 9.65. The van der Waals surface area contributed by atoms with Gasteiger partial charge in [-0.25, -0.2) is 4.79 Å². The molecular formula is C20H28N2O. The highest BCUT2D eigenvalue weighted by molar-refractivity contribution is 5.77. The Morgan fingerprint density at radius 3 is 2.83 bits per heavy atom. The second-order valence-corrected chi connectivity index (χ2v) is 8.54. The fourth-order valence-electron chi connectivity index (χ4n) is 4.76. The van der Waals surface area contributed by atoms with Crippen molar-refractivity contribution in [2.45, 2.75) is 53.0 Å². The van der Waals surface area contributed by atoms with E-state index in [-0.39, 0.29) is 11.4 Å². The predicted molar refractivity (Wildman–Crippen MR) is 95.0 cm³/mol. The zero-order chi connectivity index (χ0) is 16.7. The molecule has 23 heavy (non-hydrogen) atoms. The number of carbonyl (C=O) groups is 1. The third kappa shape index (κ3) is 3.60. The van der Waals surface area contributed by atoms with Crippen LogP contribution in [-0.2, 0) is 0 Å². The smallest absolute Gasteiger partial charge is 0.321 e. The molecule has 1 aromatic rings. The molecule has 2 unspecified atom stereocenters. The summed E-state index contributed by atoms with van der Waals surface area (Å²) in [5, 5.41) is 2.96. The number of rotatable bonds is 2. The van der Waals surface area contributed by atoms with Gasteiger partial charge in [-0.2, -0.15) is 0 Å². The number of urea groups is 1. The molecule has 2 bridgehead atoms. The molecule has 2 aliphatic rings. The molecule has 3 nitrogen and oxygen atoms in total. The first kappa shape index (κ1) is 16.1. The molecular weight excluding hydrogens is 284 g/mol. The summed E-state index contributed by atoms with van der Waals surface area (Å²) in [5.74, 6) is 0. The molecule has 1 aliphatic carbocycles. The van der Waals surface area contributed by atoms with E-state index in [1.807, 2.05) is 18.2 Å². The van der Waals surface area contributed by atoms with Gasteiger partial charge in [-0.05, 0) is 48.7 Å². The fraction of sp³-hybridized carbons (Fsp3) is 0.550. The van der Waals surface area contributed by atoms with Crippen molar-refractivity contribution in [1.82, 2.24) is 10.2 Å². The van der Waals surface area contributed by atoms with E-state index < -0.39 is 0 Å². The van der Waals surface area contributed by atoms with Crippen LogP contribution < -0.4 is 5.32 Å². The number of likely N-dealkylation sites (tertiary alicyclic amines) is 1. The molecule has 2 fully saturated rings. The first-order valence-corrected chi connectivity index (χ1v) is 8.57. The van der Waals surface area contributed by atoms with E-state index in [0.717, 1.165) is 24.9 Å². The fourth-order valence-corrected chi connectivity index (χ4v) is 4.76. The van der Waals surface area contributed by atoms with E-state index in [0.29, 0.717) is 11.5 Å². The number of nitrogens with one attached hydrogen (secondary N) is 1. The van der Waals surface area contributed by atoms with Crippen molar-refractivity contribution in [2.24, 2.45) is 10.8 Å². The van der Waals surface area contributed by atoms with Crippen LogP contribution in [-0.4, -0.2) is 23.5 Å². The maximum atomic E-state index is 12.6. The zero-order valence-corrected chi connectivity index (χ0v) is 14.7. The van der Waals surface area contributed by atoms with Gasteiger partial charge in [0.15, 0.2) is 0 Å². The lowest BCUT2D eigenvalue weighted by Gasteiger charge is -2.39. The van der Waals surface area contributed by atoms with Gasteiger partial charge in [0.05, 0.1) is 0 Å². The van der Waals surface area contributed by atoms with Crippen molar-refractivity contribution >= 4 is 12.1 Å². The van der Waals surface area contributed by atoms with Crippen LogP contribution in [0, 0.1) is 17.8 Å². The van der Waals surface area contributed by atoms with Gasteiger partial charge < -0.3 is 10.2 Å². The van der Waals surface area contributed by atoms with Crippen molar-refractivity contribution in [3.05, 3.63) is 41.6 Å². The second-order valence-electron chi connectivity index (χ2n) is 8.54. The Kier molecular flexibility index (Phi) is 3.99. The molecule has 1 N–H and O–H groups in total. The molecule has 1 aromatic carbocycles. The number of fused-ring (bicyclic) bond motifs is 2. The Morgan fingerprint density at radius 1 is 1.30 bits per heavy atom. The van der Waals surface area contributed by atoms with Crippen LogP contribution in [0.3, 0.4) is 0 Å². The monoisotopic (exact) mass is 312 g/mol. The first-order chi connectivity index (χ1) is 10.8. The Balaban J connectivity index is 1.63. The quantitative estimate of drug-likeness (QED) is 0.852. The Hall–Kier alpha value is -1.77. The maximum Gasteiger partial charge on any atom is 0.321 e. The first-order valence-electron chi connectivity index (χ1n) is 8.57. The number of amides is 2. The molecule has 0 aromatic heterocycles. The minimum Gasteiger partial charge on any atom is -0.321 e. The standard InChI is InChI=1S/C20H28N2O/c1-15-6-5-7-16(10-15)8-9-21-18(23)22-14-20(4)12-17(22)11-19(2,3)13-20/h5-10,17H,11-14H2,1-4H3,(H,21,23)/b9-8+. The minimum absolute atomic E-state index is 0.0420. The Morgan fingerprint density at radius 2 is 2.09 bits per heavy atom. The highest BCUT2D eigenvalue weighted by Gasteiger charge is 2.50. The number of hydrogen-bond donors (Lipinski definition) is 1. The summed E-state index contributed by atoms with van der Waals surface area (Å²) < 4.78 is 0. The molecule has 124 valence electrons. The van der Waals surface area contributed by atoms with Crippen LogP contribution in [0.25, 0.3) is 6.08 Å². The van der Waals surface area contributed by atoms with Crippen LogP contribution in [0.1, 0.15) is 51.2 Å². The van der Waals surface area contributed by atoms with Gasteiger partial charge in [0, 0.05) is 18.8 Å². The lowest BCUT2D eigenvalue weighted by molar-refractivity contribution is 0.129. The SMILES string of the molecule is Cc1cccc(/C=C/NC(=O)N2CC3(C)CC2CC(C)(C)C3)c1. The van der Waals surface area contributed by atoms with Crippen molar-refractivity contribution in [3.63, 3.8) is 0 Å². The minimum atomic E-state index is 0.0420. The zero-order valence-electron chi connectivity index (χ0n) is 14.7. The van der Waals surface area contributed by atoms with E-state index in [4.69, 9.17) is 0 Å². The van der Waals surface area contributed by atoms with E-state index in [1.54, 1.807) is 6.20 Å². The summed E-state index contributed by atoms with van der Waals surface area (Å²) in [7, 11) is 0. The normalized spacial score (nSPS) is 29.0. The molecule has 3 heteroatoms. The van der Waals surface area contributed by atoms with E-state index >= 15 is 0 Å². The molecule has 0 radical (unpaired) electrons. The highest BCUT2D eigenvalue weighted by Crippen LogP contribution is 2.52. The second kappa shape index (κ2) is 5.70. The summed E-state index contributed by atoms with van der Waals surface area (Å²) in [6.45, 7) is 9.94. The van der Waals surface area contributed by atoms with Gasteiger partial charge in [0.1, 0.15) is 0 Å². The lowest BCUT2D eigenvalue weighted by Crippen LogP contribution is -2.41. The molecule has 2 amide bonds. The van der Waals surface area contributed by atoms with Crippen molar-refractivity contribution in [2.75, 3.05) is 6.54 Å². The van der Waals surface area contributed by atoms with Crippen LogP contribution in [0.4, 0.5) is 4.79 Å². The van der Waals surface area contributed by atoms with Crippen molar-refractivity contribution in [1.29, 1.82) is 0 Å². The van der Waals surface area contributed by atoms with E-state index in [1.165, 1.54) is 12.0 Å². The third-order valence-corrected chi connectivity index (χ3v) is 5.20. The van der Waals surface area contributed by atoms with Crippen molar-refractivity contribution < 1.29 is 4.79 Å². The summed E-state index contributed by atoms with van der Waals surface area (Å²) in [6, 6.07) is 8.68. The largest absolute Gasteiger partial charge is 0.321 e. The van der Waals surface area contributed by atoms with Gasteiger partial charge in [0.2, 0.25) is 0 Å². The molecule has 3 rings (SSSR count). The van der Waals surface area contributed by atoms with Crippen molar-refractivity contribution in [3.8, 4) is 0 Å². The van der Waals surface area contributed by atoms with Crippen LogP contribution in [0.2, 0.25) is 0 Å². The molecule has 1 saturated heterocycles. The Bertz CT molecular complexity index is 634. The van der Waals surface area contributed by atoms with Crippen LogP contribution in [0.15, 0.2) is 30.5 Å². The topological polar surface area (TPSA) is 32.3 Å². The summed E-state index contributed by atoms with van der Waals surface area (Å²) in [5.41, 5.74) is 2.95. The van der Waals surface area contributed by atoms with Gasteiger partial charge in [-0.15, -0.1) is 0 Å². The third-order valence-electron chi connectivity index (χ3n) is 5.20. The molecule has 0 spiro atoms. The summed E-state index contributed by atoms with van der Waals surface area (Å²) in [6.07, 6.45) is 7.19. The number of benzene rings is 1. The van der Waals surface area contributed by atoms with Gasteiger partial charge in [-0.3, -0.25) is 0 Å². The summed E-state index contributed by atoms with van der Waals surface area (Å²) in [4.78, 5) is 14.6. The van der Waals surface area contributed by atoms with Gasteiger partial charge in [-0.1, -0.05) is 50.6 Å². The van der Waals surface area contributed by atoms with Gasteiger partial charge >= 0.3 is 6.03 Å². The average molecular weight is 312 g/mol. The highest BCUT2D eigenvalue weighted by atomic mass is 16.2. The number of hydrogen-bond acceptors (Lipinski definition) is 1.